The number of hydrogen-bond acceptors (Lipinski definition) is 8. The molecular weight excluding hydrogens is 256 g/mol. The Morgan fingerprint density at radius 3 is 1.95 bits per heavy atom. The molecule has 0 bridgehead atoms. The lowest BCUT2D eigenvalue weighted by Crippen LogP contribution is -2.73. The van der Waals surface area contributed by atoms with Gasteiger partial charge in [0.15, 0.2) is 0 Å². The summed E-state index contributed by atoms with van der Waals surface area (Å²) in [6.45, 7) is 2.23. The highest BCUT2D eigenvalue weighted by Crippen LogP contribution is 2.66. The Morgan fingerprint density at radius 1 is 0.750 bits per heavy atom. The standard InChI is InChI=1S/C12H18N8/c1-2-3-4-5-6-7-8-9-10(14-13-9)11(16-15-10)12(18-17-11)19-20-12/h9H,2-8H2,1H3. The fourth-order valence-electron chi connectivity index (χ4n) is 3.13. The van der Waals surface area contributed by atoms with Gasteiger partial charge in [-0.2, -0.15) is 15.3 Å². The van der Waals surface area contributed by atoms with Crippen LogP contribution in [0.15, 0.2) is 40.9 Å². The topological polar surface area (TPSA) is 98.9 Å². The molecular formula is C12H18N8. The molecule has 20 heavy (non-hydrogen) atoms. The van der Waals surface area contributed by atoms with Crippen LogP contribution in [-0.2, 0) is 0 Å². The second-order valence-corrected chi connectivity index (χ2v) is 5.92. The summed E-state index contributed by atoms with van der Waals surface area (Å²) in [5.74, 6) is -0.784. The van der Waals surface area contributed by atoms with Crippen molar-refractivity contribution in [3.8, 4) is 0 Å². The van der Waals surface area contributed by atoms with E-state index in [-0.39, 0.29) is 6.04 Å². The summed E-state index contributed by atoms with van der Waals surface area (Å²) in [6, 6.07) is 0.0771. The maximum absolute atomic E-state index is 4.24. The molecule has 0 amide bonds. The zero-order chi connectivity index (χ0) is 13.7. The number of hydrogen-bond donors (Lipinski definition) is 0. The van der Waals surface area contributed by atoms with Gasteiger partial charge in [0.1, 0.15) is 6.04 Å². The van der Waals surface area contributed by atoms with Crippen LogP contribution in [0.1, 0.15) is 51.9 Å². The van der Waals surface area contributed by atoms with Crippen molar-refractivity contribution in [1.82, 2.24) is 0 Å². The minimum absolute atomic E-state index is 0.0771. The molecule has 0 aromatic rings. The van der Waals surface area contributed by atoms with E-state index in [1.54, 1.807) is 0 Å². The summed E-state index contributed by atoms with van der Waals surface area (Å²) in [5.41, 5.74) is -1.41. The van der Waals surface area contributed by atoms with E-state index in [0.29, 0.717) is 0 Å². The van der Waals surface area contributed by atoms with Gasteiger partial charge in [-0.05, 0) is 6.42 Å². The summed E-state index contributed by atoms with van der Waals surface area (Å²) < 4.78 is 0. The van der Waals surface area contributed by atoms with Crippen molar-refractivity contribution in [3.63, 3.8) is 0 Å². The van der Waals surface area contributed by atoms with Gasteiger partial charge in [-0.1, -0.05) is 45.4 Å². The van der Waals surface area contributed by atoms with Crippen molar-refractivity contribution in [2.45, 2.75) is 75.0 Å². The van der Waals surface area contributed by atoms with Crippen molar-refractivity contribution in [2.75, 3.05) is 0 Å². The van der Waals surface area contributed by atoms with Gasteiger partial charge in [-0.25, -0.2) is 0 Å². The van der Waals surface area contributed by atoms with Crippen LogP contribution >= 0.6 is 0 Å². The molecule has 3 spiro atoms. The molecule has 4 rings (SSSR count). The molecule has 0 aromatic heterocycles. The second-order valence-electron chi connectivity index (χ2n) is 5.92. The van der Waals surface area contributed by atoms with Gasteiger partial charge in [-0.3, -0.25) is 0 Å². The van der Waals surface area contributed by atoms with Gasteiger partial charge in [0.2, 0.25) is 0 Å². The third-order valence-corrected chi connectivity index (χ3v) is 4.60. The fourth-order valence-corrected chi connectivity index (χ4v) is 3.13. The van der Waals surface area contributed by atoms with E-state index in [0.717, 1.165) is 12.8 Å². The molecule has 3 unspecified atom stereocenters. The molecule has 0 aliphatic carbocycles. The fraction of sp³-hybridized carbons (Fsp3) is 1.00. The van der Waals surface area contributed by atoms with Crippen LogP contribution in [-0.4, -0.2) is 23.2 Å². The van der Waals surface area contributed by atoms with Gasteiger partial charge in [0, 0.05) is 0 Å². The highest BCUT2D eigenvalue weighted by atomic mass is 15.8. The molecule has 0 saturated carbocycles. The molecule has 0 radical (unpaired) electrons. The SMILES string of the molecule is CCCCCCCCC1N=NC12N=NC21N=NC12N=N2. The maximum atomic E-state index is 4.24. The van der Waals surface area contributed by atoms with E-state index < -0.39 is 17.1 Å². The Bertz CT molecular complexity index is 532. The van der Waals surface area contributed by atoms with E-state index in [2.05, 4.69) is 47.8 Å². The van der Waals surface area contributed by atoms with Crippen LogP contribution in [0.4, 0.5) is 0 Å². The van der Waals surface area contributed by atoms with Crippen LogP contribution in [0.3, 0.4) is 0 Å². The van der Waals surface area contributed by atoms with Crippen molar-refractivity contribution in [2.24, 2.45) is 40.9 Å². The van der Waals surface area contributed by atoms with E-state index in [4.69, 9.17) is 0 Å². The van der Waals surface area contributed by atoms with Crippen LogP contribution in [0, 0.1) is 0 Å². The molecule has 8 heteroatoms. The lowest BCUT2D eigenvalue weighted by atomic mass is 9.76. The Morgan fingerprint density at radius 2 is 1.45 bits per heavy atom. The molecule has 0 aromatic carbocycles. The highest BCUT2D eigenvalue weighted by molar-refractivity contribution is 5.34. The molecule has 4 aliphatic rings. The zero-order valence-corrected chi connectivity index (χ0v) is 11.6. The quantitative estimate of drug-likeness (QED) is 0.626. The predicted octanol–water partition coefficient (Wildman–Crippen LogP) is 4.02. The van der Waals surface area contributed by atoms with Crippen molar-refractivity contribution >= 4 is 0 Å². The zero-order valence-electron chi connectivity index (χ0n) is 11.6. The van der Waals surface area contributed by atoms with Gasteiger partial charge >= 0.3 is 11.4 Å². The van der Waals surface area contributed by atoms with Crippen molar-refractivity contribution in [1.29, 1.82) is 0 Å². The minimum Gasteiger partial charge on any atom is -0.183 e. The molecule has 4 aliphatic heterocycles. The minimum atomic E-state index is -0.784. The molecule has 0 N–H and O–H groups in total. The van der Waals surface area contributed by atoms with Crippen LogP contribution in [0.25, 0.3) is 0 Å². The van der Waals surface area contributed by atoms with Crippen LogP contribution in [0.5, 0.6) is 0 Å². The first-order valence-corrected chi connectivity index (χ1v) is 7.53. The van der Waals surface area contributed by atoms with E-state index in [1.165, 1.54) is 32.1 Å². The van der Waals surface area contributed by atoms with Crippen molar-refractivity contribution in [3.05, 3.63) is 0 Å². The third-order valence-electron chi connectivity index (χ3n) is 4.60. The molecule has 8 nitrogen and oxygen atoms in total. The smallest absolute Gasteiger partial charge is 0.183 e. The lowest BCUT2D eigenvalue weighted by molar-refractivity contribution is -0.0191. The van der Waals surface area contributed by atoms with Gasteiger partial charge in [-0.15, -0.1) is 25.6 Å². The first-order valence-electron chi connectivity index (χ1n) is 7.53. The summed E-state index contributed by atoms with van der Waals surface area (Å²) in [4.78, 5) is 0. The lowest BCUT2D eigenvalue weighted by Gasteiger charge is -2.52. The summed E-state index contributed by atoms with van der Waals surface area (Å²) in [6.07, 6.45) is 8.62. The summed E-state index contributed by atoms with van der Waals surface area (Å²) in [7, 11) is 0. The average Bonchev–Trinajstić information content (AvgIpc) is 3.16. The highest BCUT2D eigenvalue weighted by Gasteiger charge is 2.86. The Kier molecular flexibility index (Phi) is 2.41. The largest absolute Gasteiger partial charge is 0.351 e. The van der Waals surface area contributed by atoms with E-state index >= 15 is 0 Å². The van der Waals surface area contributed by atoms with Crippen LogP contribution in [0.2, 0.25) is 0 Å². The van der Waals surface area contributed by atoms with E-state index in [1.807, 2.05) is 0 Å². The van der Waals surface area contributed by atoms with Gasteiger partial charge in [0.25, 0.3) is 5.66 Å². The molecule has 3 atom stereocenters. The number of nitrogens with zero attached hydrogens (tertiary/aromatic N) is 8. The maximum Gasteiger partial charge on any atom is 0.351 e. The Balaban J connectivity index is 1.31. The first kappa shape index (κ1) is 12.2. The number of azo groups is 3. The number of fused-ring (bicyclic) bond motifs is 2. The average molecular weight is 274 g/mol. The number of rotatable bonds is 7. The van der Waals surface area contributed by atoms with E-state index in [9.17, 15) is 0 Å². The Labute approximate surface area is 117 Å². The summed E-state index contributed by atoms with van der Waals surface area (Å²) >= 11 is 0. The van der Waals surface area contributed by atoms with Crippen molar-refractivity contribution < 1.29 is 0 Å². The molecule has 0 fully saturated rings. The monoisotopic (exact) mass is 274 g/mol. The number of unbranched alkanes of at least 4 members (excludes halogenated alkanes) is 5. The normalized spacial score (nSPS) is 40.1. The van der Waals surface area contributed by atoms with Crippen LogP contribution < -0.4 is 0 Å². The Hall–Kier alpha value is -1.60. The van der Waals surface area contributed by atoms with Gasteiger partial charge in [0.05, 0.1) is 0 Å². The third kappa shape index (κ3) is 1.27. The molecule has 0 saturated heterocycles. The summed E-state index contributed by atoms with van der Waals surface area (Å²) in [5, 5.41) is 32.8. The first-order chi connectivity index (χ1) is 9.79. The van der Waals surface area contributed by atoms with Gasteiger partial charge < -0.3 is 0 Å². The molecule has 4 heterocycles. The second kappa shape index (κ2) is 3.95. The molecule has 106 valence electrons. The predicted molar refractivity (Wildman–Crippen MR) is 69.4 cm³/mol.